The summed E-state index contributed by atoms with van der Waals surface area (Å²) in [5, 5.41) is 4.86. The summed E-state index contributed by atoms with van der Waals surface area (Å²) in [6.45, 7) is 15.8. The summed E-state index contributed by atoms with van der Waals surface area (Å²) in [6, 6.07) is 48.5. The highest BCUT2D eigenvalue weighted by Gasteiger charge is 2.16. The van der Waals surface area contributed by atoms with Crippen molar-refractivity contribution in [2.24, 2.45) is 0 Å². The summed E-state index contributed by atoms with van der Waals surface area (Å²) >= 11 is 0. The second kappa shape index (κ2) is 12.2. The van der Waals surface area contributed by atoms with Crippen molar-refractivity contribution in [2.75, 3.05) is 0 Å². The van der Waals surface area contributed by atoms with Crippen molar-refractivity contribution in [1.82, 2.24) is 0 Å². The van der Waals surface area contributed by atoms with Crippen LogP contribution in [0.4, 0.5) is 0 Å². The van der Waals surface area contributed by atoms with E-state index in [2.05, 4.69) is 160 Å². The second-order valence-corrected chi connectivity index (χ2v) is 11.6. The number of hydrogen-bond donors (Lipinski definition) is 0. The zero-order valence-corrected chi connectivity index (χ0v) is 25.8. The Morgan fingerprint density at radius 1 is 0.261 bits per heavy atom. The SMILES string of the molecule is C=Cc1ccc(-c2ccc(-c3ccc(C=C)cc3)c3cc4c(-c5ccc(C=C)cc5)ccc(-c5ccc(C=C)cc5)c4cc23)cc1. The fourth-order valence-corrected chi connectivity index (χ4v) is 6.39. The van der Waals surface area contributed by atoms with Crippen LogP contribution in [0.1, 0.15) is 22.3 Å². The highest BCUT2D eigenvalue weighted by atomic mass is 14.2. The maximum Gasteiger partial charge on any atom is -0.00926 e. The van der Waals surface area contributed by atoms with E-state index in [0.29, 0.717) is 0 Å². The van der Waals surface area contributed by atoms with Gasteiger partial charge in [-0.25, -0.2) is 0 Å². The van der Waals surface area contributed by atoms with E-state index in [9.17, 15) is 0 Å². The molecule has 7 aromatic rings. The molecule has 0 amide bonds. The Hall–Kier alpha value is -5.98. The van der Waals surface area contributed by atoms with Crippen LogP contribution in [-0.4, -0.2) is 0 Å². The lowest BCUT2D eigenvalue weighted by atomic mass is 9.86. The molecule has 0 aliphatic rings. The summed E-state index contributed by atoms with van der Waals surface area (Å²) in [7, 11) is 0. The van der Waals surface area contributed by atoms with Gasteiger partial charge in [0, 0.05) is 0 Å². The molecule has 0 bridgehead atoms. The van der Waals surface area contributed by atoms with E-state index in [4.69, 9.17) is 0 Å². The molecule has 0 saturated heterocycles. The predicted molar refractivity (Wildman–Crippen MR) is 204 cm³/mol. The van der Waals surface area contributed by atoms with Crippen molar-refractivity contribution in [1.29, 1.82) is 0 Å². The van der Waals surface area contributed by atoms with Gasteiger partial charge in [0.1, 0.15) is 0 Å². The van der Waals surface area contributed by atoms with Crippen LogP contribution in [0.25, 0.3) is 90.4 Å². The molecule has 0 N–H and O–H groups in total. The third-order valence-electron chi connectivity index (χ3n) is 8.98. The molecule has 0 aromatic heterocycles. The second-order valence-electron chi connectivity index (χ2n) is 11.6. The van der Waals surface area contributed by atoms with Crippen LogP contribution in [0, 0.1) is 0 Å². The molecule has 0 spiro atoms. The smallest absolute Gasteiger partial charge is 0.00926 e. The maximum atomic E-state index is 3.95. The zero-order chi connectivity index (χ0) is 31.6. The van der Waals surface area contributed by atoms with Gasteiger partial charge in [-0.15, -0.1) is 0 Å². The molecule has 0 unspecified atom stereocenters. The first kappa shape index (κ1) is 28.8. The minimum Gasteiger partial charge on any atom is -0.0985 e. The minimum absolute atomic E-state index is 1.11. The molecule has 7 aromatic carbocycles. The average molecular weight is 587 g/mol. The molecule has 0 atom stereocenters. The number of fused-ring (bicyclic) bond motifs is 2. The van der Waals surface area contributed by atoms with E-state index >= 15 is 0 Å². The van der Waals surface area contributed by atoms with Gasteiger partial charge in [0.25, 0.3) is 0 Å². The first-order chi connectivity index (χ1) is 22.6. The summed E-state index contributed by atoms with van der Waals surface area (Å²) < 4.78 is 0. The topological polar surface area (TPSA) is 0 Å². The van der Waals surface area contributed by atoms with Crippen LogP contribution in [0.5, 0.6) is 0 Å². The molecule has 0 heteroatoms. The van der Waals surface area contributed by atoms with Gasteiger partial charge in [0.2, 0.25) is 0 Å². The van der Waals surface area contributed by atoms with Crippen molar-refractivity contribution in [3.63, 3.8) is 0 Å². The fourth-order valence-electron chi connectivity index (χ4n) is 6.39. The van der Waals surface area contributed by atoms with E-state index in [1.807, 2.05) is 24.3 Å². The molecular weight excluding hydrogens is 553 g/mol. The zero-order valence-electron chi connectivity index (χ0n) is 25.8. The molecule has 0 heterocycles. The lowest BCUT2D eigenvalue weighted by molar-refractivity contribution is 1.59. The lowest BCUT2D eigenvalue weighted by Crippen LogP contribution is -1.91. The Labute approximate surface area is 271 Å². The molecule has 0 aliphatic carbocycles. The van der Waals surface area contributed by atoms with E-state index in [0.717, 1.165) is 22.3 Å². The van der Waals surface area contributed by atoms with Crippen molar-refractivity contribution in [3.8, 4) is 44.5 Å². The largest absolute Gasteiger partial charge is 0.0985 e. The Bertz CT molecular complexity index is 1930. The summed E-state index contributed by atoms with van der Waals surface area (Å²) in [5.74, 6) is 0. The van der Waals surface area contributed by atoms with E-state index in [1.165, 1.54) is 66.1 Å². The Morgan fingerprint density at radius 2 is 0.457 bits per heavy atom. The van der Waals surface area contributed by atoms with Crippen LogP contribution < -0.4 is 0 Å². The molecule has 0 radical (unpaired) electrons. The fraction of sp³-hybridized carbons (Fsp3) is 0. The van der Waals surface area contributed by atoms with E-state index in [-0.39, 0.29) is 0 Å². The maximum absolute atomic E-state index is 3.95. The Morgan fingerprint density at radius 3 is 0.630 bits per heavy atom. The van der Waals surface area contributed by atoms with Gasteiger partial charge in [0.15, 0.2) is 0 Å². The van der Waals surface area contributed by atoms with Gasteiger partial charge in [-0.1, -0.05) is 172 Å². The van der Waals surface area contributed by atoms with Gasteiger partial charge >= 0.3 is 0 Å². The van der Waals surface area contributed by atoms with Crippen LogP contribution in [0.15, 0.2) is 160 Å². The van der Waals surface area contributed by atoms with Crippen LogP contribution >= 0.6 is 0 Å². The van der Waals surface area contributed by atoms with E-state index in [1.54, 1.807) is 0 Å². The summed E-state index contributed by atoms with van der Waals surface area (Å²) in [5.41, 5.74) is 13.9. The Balaban J connectivity index is 1.58. The van der Waals surface area contributed by atoms with Crippen molar-refractivity contribution < 1.29 is 0 Å². The molecule has 46 heavy (non-hydrogen) atoms. The summed E-state index contributed by atoms with van der Waals surface area (Å²) in [4.78, 5) is 0. The summed E-state index contributed by atoms with van der Waals surface area (Å²) in [6.07, 6.45) is 7.55. The average Bonchev–Trinajstić information content (AvgIpc) is 3.13. The minimum atomic E-state index is 1.11. The highest BCUT2D eigenvalue weighted by Crippen LogP contribution is 2.43. The monoisotopic (exact) mass is 586 g/mol. The molecule has 0 nitrogen and oxygen atoms in total. The predicted octanol–water partition coefficient (Wildman–Crippen LogP) is 13.2. The van der Waals surface area contributed by atoms with Crippen LogP contribution in [-0.2, 0) is 0 Å². The van der Waals surface area contributed by atoms with Crippen molar-refractivity contribution in [2.45, 2.75) is 0 Å². The van der Waals surface area contributed by atoms with Gasteiger partial charge in [-0.2, -0.15) is 0 Å². The van der Waals surface area contributed by atoms with Gasteiger partial charge in [-0.05, 0) is 100 Å². The molecule has 0 saturated carbocycles. The first-order valence-corrected chi connectivity index (χ1v) is 15.5. The first-order valence-electron chi connectivity index (χ1n) is 15.5. The molecule has 0 aliphatic heterocycles. The molecule has 0 fully saturated rings. The van der Waals surface area contributed by atoms with Crippen molar-refractivity contribution >= 4 is 45.8 Å². The quantitative estimate of drug-likeness (QED) is 0.155. The lowest BCUT2D eigenvalue weighted by Gasteiger charge is -2.18. The molecular formula is C46H34. The van der Waals surface area contributed by atoms with E-state index < -0.39 is 0 Å². The van der Waals surface area contributed by atoms with Gasteiger partial charge in [0.05, 0.1) is 0 Å². The number of rotatable bonds is 8. The normalized spacial score (nSPS) is 11.0. The van der Waals surface area contributed by atoms with Crippen LogP contribution in [0.3, 0.4) is 0 Å². The van der Waals surface area contributed by atoms with Gasteiger partial charge < -0.3 is 0 Å². The van der Waals surface area contributed by atoms with Gasteiger partial charge in [-0.3, -0.25) is 0 Å². The third kappa shape index (κ3) is 5.21. The molecule has 218 valence electrons. The van der Waals surface area contributed by atoms with Crippen LogP contribution in [0.2, 0.25) is 0 Å². The highest BCUT2D eigenvalue weighted by molar-refractivity contribution is 6.16. The molecule has 7 rings (SSSR count). The standard InChI is InChI=1S/C46H34/c1-5-31-9-17-35(18-10-31)39-25-26-40(36-19-11-32(6-2)12-20-36)44-30-46-42(38-23-15-34(8-4)16-24-38)28-27-41(45(46)29-43(39)44)37-21-13-33(7-3)14-22-37/h5-30H,1-4H2. The number of hydrogen-bond acceptors (Lipinski definition) is 0. The van der Waals surface area contributed by atoms with Crippen molar-refractivity contribution in [3.05, 3.63) is 182 Å². The Kier molecular flexibility index (Phi) is 7.62. The number of benzene rings is 7. The third-order valence-corrected chi connectivity index (χ3v) is 8.98.